The summed E-state index contributed by atoms with van der Waals surface area (Å²) in [5, 5.41) is 3.39. The van der Waals surface area contributed by atoms with Gasteiger partial charge in [-0.1, -0.05) is 48.3 Å². The highest BCUT2D eigenvalue weighted by atomic mass is 35.5. The van der Waals surface area contributed by atoms with Gasteiger partial charge in [-0.2, -0.15) is 0 Å². The Balaban J connectivity index is 2.10. The number of amides is 2. The first-order valence-electron chi connectivity index (χ1n) is 12.3. The maximum atomic E-state index is 14.0. The second kappa shape index (κ2) is 13.7. The molecule has 214 valence electrons. The molecule has 1 N–H and O–H groups in total. The molecule has 1 atom stereocenters. The van der Waals surface area contributed by atoms with Gasteiger partial charge in [0.2, 0.25) is 11.8 Å². The SMILES string of the molecule is CC[C@@H](C(=O)NC)N(Cc1ccccc1Cl)C(=O)CN(c1ccc(Cl)cc1)S(=O)(=O)c1ccc(OC)c(OC)c1. The minimum Gasteiger partial charge on any atom is -0.493 e. The van der Waals surface area contributed by atoms with Crippen molar-refractivity contribution in [2.75, 3.05) is 32.1 Å². The molecule has 0 spiro atoms. The lowest BCUT2D eigenvalue weighted by Gasteiger charge is -2.33. The standard InChI is InChI=1S/C28H31Cl2N3O6S/c1-5-24(28(35)31-2)32(17-19-8-6-7-9-23(19)30)27(34)18-33(21-12-10-20(29)11-13-21)40(36,37)22-14-15-25(38-3)26(16-22)39-4/h6-16,24H,5,17-18H2,1-4H3,(H,31,35)/t24-/m0/s1. The van der Waals surface area contributed by atoms with E-state index in [9.17, 15) is 18.0 Å². The summed E-state index contributed by atoms with van der Waals surface area (Å²) < 4.78 is 39.5. The highest BCUT2D eigenvalue weighted by Gasteiger charge is 2.34. The molecule has 3 aromatic rings. The van der Waals surface area contributed by atoms with E-state index in [0.717, 1.165) is 4.31 Å². The summed E-state index contributed by atoms with van der Waals surface area (Å²) in [6, 6.07) is 16.3. The van der Waals surface area contributed by atoms with Crippen LogP contribution >= 0.6 is 23.2 Å². The third-order valence-electron chi connectivity index (χ3n) is 6.27. The van der Waals surface area contributed by atoms with Crippen LogP contribution in [0.3, 0.4) is 0 Å². The van der Waals surface area contributed by atoms with Crippen LogP contribution in [0.15, 0.2) is 71.6 Å². The number of rotatable bonds is 12. The van der Waals surface area contributed by atoms with Crippen molar-refractivity contribution in [1.82, 2.24) is 10.2 Å². The van der Waals surface area contributed by atoms with Crippen LogP contribution in [0.2, 0.25) is 10.0 Å². The van der Waals surface area contributed by atoms with Gasteiger partial charge in [-0.3, -0.25) is 13.9 Å². The number of anilines is 1. The summed E-state index contributed by atoms with van der Waals surface area (Å²) >= 11 is 12.4. The number of ether oxygens (including phenoxy) is 2. The predicted octanol–water partition coefficient (Wildman–Crippen LogP) is 4.76. The second-order valence-electron chi connectivity index (χ2n) is 8.66. The van der Waals surface area contributed by atoms with Crippen LogP contribution < -0.4 is 19.1 Å². The van der Waals surface area contributed by atoms with Crippen molar-refractivity contribution < 1.29 is 27.5 Å². The molecule has 0 aliphatic heterocycles. The van der Waals surface area contributed by atoms with Gasteiger partial charge in [-0.15, -0.1) is 0 Å². The smallest absolute Gasteiger partial charge is 0.264 e. The fraction of sp³-hybridized carbons (Fsp3) is 0.286. The molecule has 0 saturated heterocycles. The minimum absolute atomic E-state index is 0.00467. The molecule has 3 aromatic carbocycles. The van der Waals surface area contributed by atoms with Crippen molar-refractivity contribution in [2.45, 2.75) is 30.8 Å². The van der Waals surface area contributed by atoms with Crippen molar-refractivity contribution in [1.29, 1.82) is 0 Å². The first-order valence-corrected chi connectivity index (χ1v) is 14.5. The fourth-order valence-corrected chi connectivity index (χ4v) is 5.89. The lowest BCUT2D eigenvalue weighted by Crippen LogP contribution is -2.51. The summed E-state index contributed by atoms with van der Waals surface area (Å²) in [5.41, 5.74) is 0.818. The number of nitrogens with one attached hydrogen (secondary N) is 1. The number of hydrogen-bond acceptors (Lipinski definition) is 6. The van der Waals surface area contributed by atoms with E-state index in [0.29, 0.717) is 27.8 Å². The Morgan fingerprint density at radius 1 is 0.950 bits per heavy atom. The lowest BCUT2D eigenvalue weighted by atomic mass is 10.1. The number of nitrogens with zero attached hydrogens (tertiary/aromatic N) is 2. The van der Waals surface area contributed by atoms with Crippen molar-refractivity contribution in [3.63, 3.8) is 0 Å². The first-order chi connectivity index (χ1) is 19.1. The van der Waals surface area contributed by atoms with E-state index in [4.69, 9.17) is 32.7 Å². The van der Waals surface area contributed by atoms with E-state index in [2.05, 4.69) is 5.32 Å². The Morgan fingerprint density at radius 3 is 2.17 bits per heavy atom. The average Bonchev–Trinajstić information content (AvgIpc) is 2.96. The summed E-state index contributed by atoms with van der Waals surface area (Å²) in [4.78, 5) is 28.0. The second-order valence-corrected chi connectivity index (χ2v) is 11.4. The van der Waals surface area contributed by atoms with Gasteiger partial charge in [0.25, 0.3) is 10.0 Å². The van der Waals surface area contributed by atoms with E-state index in [1.807, 2.05) is 0 Å². The normalized spacial score (nSPS) is 11.8. The molecule has 0 aliphatic carbocycles. The summed E-state index contributed by atoms with van der Waals surface area (Å²) in [5.74, 6) is -0.437. The Morgan fingerprint density at radius 2 is 1.60 bits per heavy atom. The van der Waals surface area contributed by atoms with Gasteiger partial charge in [-0.25, -0.2) is 8.42 Å². The zero-order valence-electron chi connectivity index (χ0n) is 22.6. The van der Waals surface area contributed by atoms with E-state index >= 15 is 0 Å². The maximum absolute atomic E-state index is 14.0. The van der Waals surface area contributed by atoms with E-state index in [1.165, 1.54) is 68.6 Å². The van der Waals surface area contributed by atoms with Crippen molar-refractivity contribution in [3.8, 4) is 11.5 Å². The van der Waals surface area contributed by atoms with Crippen LogP contribution in [0.5, 0.6) is 11.5 Å². The molecule has 0 heterocycles. The number of methoxy groups -OCH3 is 2. The van der Waals surface area contributed by atoms with Crippen LogP contribution in [-0.4, -0.2) is 59.0 Å². The number of benzene rings is 3. The molecule has 0 fully saturated rings. The van der Waals surface area contributed by atoms with Gasteiger partial charge < -0.3 is 19.7 Å². The molecule has 0 aromatic heterocycles. The van der Waals surface area contributed by atoms with Gasteiger partial charge >= 0.3 is 0 Å². The fourth-order valence-electron chi connectivity index (χ4n) is 4.14. The Hall–Kier alpha value is -3.47. The van der Waals surface area contributed by atoms with Gasteiger partial charge in [0.15, 0.2) is 11.5 Å². The zero-order valence-corrected chi connectivity index (χ0v) is 24.9. The molecule has 0 aliphatic rings. The Labute approximate surface area is 244 Å². The largest absolute Gasteiger partial charge is 0.493 e. The molecule has 0 radical (unpaired) electrons. The number of carbonyl (C=O) groups excluding carboxylic acids is 2. The minimum atomic E-state index is -4.31. The number of carbonyl (C=O) groups is 2. The first kappa shape index (κ1) is 31.1. The highest BCUT2D eigenvalue weighted by Crippen LogP contribution is 2.33. The number of sulfonamides is 1. The molecule has 2 amide bonds. The van der Waals surface area contributed by atoms with Crippen LogP contribution in [0.25, 0.3) is 0 Å². The third kappa shape index (κ3) is 6.99. The van der Waals surface area contributed by atoms with Crippen molar-refractivity contribution >= 4 is 50.7 Å². The molecule has 0 unspecified atom stereocenters. The van der Waals surface area contributed by atoms with Crippen LogP contribution in [0.4, 0.5) is 5.69 Å². The van der Waals surface area contributed by atoms with Gasteiger partial charge in [0, 0.05) is 29.7 Å². The van der Waals surface area contributed by atoms with Crippen molar-refractivity contribution in [2.24, 2.45) is 0 Å². The molecular weight excluding hydrogens is 577 g/mol. The van der Waals surface area contributed by atoms with Crippen LogP contribution in [0, 0.1) is 0 Å². The average molecular weight is 609 g/mol. The summed E-state index contributed by atoms with van der Waals surface area (Å²) in [6.07, 6.45) is 0.291. The zero-order chi connectivity index (χ0) is 29.4. The summed E-state index contributed by atoms with van der Waals surface area (Å²) in [7, 11) is -0.00172. The van der Waals surface area contributed by atoms with E-state index in [-0.39, 0.29) is 28.8 Å². The monoisotopic (exact) mass is 607 g/mol. The summed E-state index contributed by atoms with van der Waals surface area (Å²) in [6.45, 7) is 1.16. The van der Waals surface area contributed by atoms with Crippen molar-refractivity contribution in [3.05, 3.63) is 82.3 Å². The van der Waals surface area contributed by atoms with Gasteiger partial charge in [-0.05, 0) is 54.4 Å². The highest BCUT2D eigenvalue weighted by molar-refractivity contribution is 7.92. The molecule has 0 saturated carbocycles. The lowest BCUT2D eigenvalue weighted by molar-refractivity contribution is -0.140. The molecule has 0 bridgehead atoms. The molecule has 12 heteroatoms. The van der Waals surface area contributed by atoms with E-state index in [1.54, 1.807) is 31.2 Å². The molecule has 3 rings (SSSR count). The molecular formula is C28H31Cl2N3O6S. The molecule has 40 heavy (non-hydrogen) atoms. The molecule has 9 nitrogen and oxygen atoms in total. The Bertz CT molecular complexity index is 1450. The third-order valence-corrected chi connectivity index (χ3v) is 8.66. The number of hydrogen-bond donors (Lipinski definition) is 1. The predicted molar refractivity (Wildman–Crippen MR) is 156 cm³/mol. The maximum Gasteiger partial charge on any atom is 0.264 e. The van der Waals surface area contributed by atoms with Crippen LogP contribution in [0.1, 0.15) is 18.9 Å². The quantitative estimate of drug-likeness (QED) is 0.318. The topological polar surface area (TPSA) is 105 Å². The van der Waals surface area contributed by atoms with Gasteiger partial charge in [0.1, 0.15) is 12.6 Å². The number of likely N-dealkylation sites (N-methyl/N-ethyl adjacent to an activating group) is 1. The van der Waals surface area contributed by atoms with Crippen LogP contribution in [-0.2, 0) is 26.2 Å². The van der Waals surface area contributed by atoms with E-state index < -0.39 is 28.5 Å². The Kier molecular flexibility index (Phi) is 10.7. The van der Waals surface area contributed by atoms with Gasteiger partial charge in [0.05, 0.1) is 24.8 Å². The number of halogens is 2.